The summed E-state index contributed by atoms with van der Waals surface area (Å²) in [5.41, 5.74) is 0.512. The van der Waals surface area contributed by atoms with Gasteiger partial charge in [0.1, 0.15) is 5.75 Å². The smallest absolute Gasteiger partial charge is 0.347 e. The molecule has 1 amide bonds. The maximum atomic E-state index is 12.2. The minimum Gasteiger partial charge on any atom is -0.479 e. The van der Waals surface area contributed by atoms with Crippen LogP contribution in [0, 0.1) is 23.2 Å². The lowest BCUT2D eigenvalue weighted by molar-refractivity contribution is -0.158. The zero-order valence-corrected chi connectivity index (χ0v) is 14.9. The van der Waals surface area contributed by atoms with E-state index in [0.717, 1.165) is 6.42 Å². The Hall–Kier alpha value is -2.55. The van der Waals surface area contributed by atoms with Crippen molar-refractivity contribution in [3.05, 3.63) is 29.8 Å². The molecule has 1 heterocycles. The monoisotopic (exact) mass is 344 g/mol. The second-order valence-corrected chi connectivity index (χ2v) is 6.75. The Labute approximate surface area is 148 Å². The second kappa shape index (κ2) is 8.52. The fourth-order valence-corrected chi connectivity index (χ4v) is 3.07. The predicted molar refractivity (Wildman–Crippen MR) is 91.7 cm³/mol. The Kier molecular flexibility index (Phi) is 6.40. The van der Waals surface area contributed by atoms with E-state index in [9.17, 15) is 9.59 Å². The number of hydrogen-bond donors (Lipinski definition) is 0. The van der Waals surface area contributed by atoms with Gasteiger partial charge in [0.05, 0.1) is 11.6 Å². The van der Waals surface area contributed by atoms with Crippen molar-refractivity contribution in [2.75, 3.05) is 19.7 Å². The minimum atomic E-state index is -0.833. The fraction of sp³-hybridized carbons (Fsp3) is 0.526. The van der Waals surface area contributed by atoms with Gasteiger partial charge in [-0.15, -0.1) is 0 Å². The van der Waals surface area contributed by atoms with Gasteiger partial charge in [0.15, 0.2) is 12.7 Å². The van der Waals surface area contributed by atoms with Crippen molar-refractivity contribution >= 4 is 11.9 Å². The van der Waals surface area contributed by atoms with Crippen LogP contribution in [-0.2, 0) is 14.3 Å². The largest absolute Gasteiger partial charge is 0.479 e. The summed E-state index contributed by atoms with van der Waals surface area (Å²) in [5, 5.41) is 8.76. The summed E-state index contributed by atoms with van der Waals surface area (Å²) in [6.45, 7) is 6.95. The summed E-state index contributed by atoms with van der Waals surface area (Å²) in [7, 11) is 0. The maximum Gasteiger partial charge on any atom is 0.347 e. The molecule has 6 nitrogen and oxygen atoms in total. The number of nitriles is 1. The summed E-state index contributed by atoms with van der Waals surface area (Å²) in [6, 6.07) is 8.45. The molecule has 2 rings (SSSR count). The van der Waals surface area contributed by atoms with Gasteiger partial charge in [-0.1, -0.05) is 13.8 Å². The molecule has 134 valence electrons. The second-order valence-electron chi connectivity index (χ2n) is 6.75. The third-order valence-electron chi connectivity index (χ3n) is 4.19. The zero-order chi connectivity index (χ0) is 18.4. The van der Waals surface area contributed by atoms with Gasteiger partial charge in [-0.05, 0) is 49.4 Å². The highest BCUT2D eigenvalue weighted by molar-refractivity contribution is 5.82. The van der Waals surface area contributed by atoms with Gasteiger partial charge >= 0.3 is 5.97 Å². The molecule has 1 aromatic carbocycles. The lowest BCUT2D eigenvalue weighted by Gasteiger charge is -2.34. The van der Waals surface area contributed by atoms with E-state index in [2.05, 4.69) is 13.8 Å². The molecule has 1 aromatic rings. The van der Waals surface area contributed by atoms with Crippen LogP contribution in [-0.4, -0.2) is 42.6 Å². The predicted octanol–water partition coefficient (Wildman–Crippen LogP) is 2.37. The highest BCUT2D eigenvalue weighted by atomic mass is 16.6. The first-order chi connectivity index (χ1) is 11.9. The highest BCUT2D eigenvalue weighted by Gasteiger charge is 2.26. The van der Waals surface area contributed by atoms with E-state index in [4.69, 9.17) is 14.7 Å². The molecule has 6 heteroatoms. The first-order valence-corrected chi connectivity index (χ1v) is 8.50. The number of likely N-dealkylation sites (tertiary alicyclic amines) is 1. The summed E-state index contributed by atoms with van der Waals surface area (Å²) in [6.07, 6.45) is 0.277. The molecule has 3 atom stereocenters. The number of hydrogen-bond acceptors (Lipinski definition) is 5. The van der Waals surface area contributed by atoms with E-state index >= 15 is 0 Å². The number of rotatable bonds is 5. The molecule has 1 aliphatic heterocycles. The van der Waals surface area contributed by atoms with Crippen LogP contribution in [0.3, 0.4) is 0 Å². The van der Waals surface area contributed by atoms with E-state index in [0.29, 0.717) is 36.2 Å². The molecule has 0 bridgehead atoms. The van der Waals surface area contributed by atoms with Crippen LogP contribution in [0.4, 0.5) is 0 Å². The molecule has 0 aliphatic carbocycles. The van der Waals surface area contributed by atoms with Gasteiger partial charge < -0.3 is 14.4 Å². The SMILES string of the molecule is C[C@@H]1C[C@@H](C)CN(C(=O)COC(=O)[C@@H](C)Oc2ccc(C#N)cc2)C1. The van der Waals surface area contributed by atoms with E-state index < -0.39 is 12.1 Å². The normalized spacial score (nSPS) is 21.1. The number of ether oxygens (including phenoxy) is 2. The van der Waals surface area contributed by atoms with Gasteiger partial charge in [0, 0.05) is 13.1 Å². The van der Waals surface area contributed by atoms with E-state index in [1.807, 2.05) is 6.07 Å². The van der Waals surface area contributed by atoms with Gasteiger partial charge in [0.2, 0.25) is 0 Å². The van der Waals surface area contributed by atoms with E-state index in [1.54, 1.807) is 36.1 Å². The molecule has 0 N–H and O–H groups in total. The van der Waals surface area contributed by atoms with Crippen molar-refractivity contribution in [1.29, 1.82) is 5.26 Å². The van der Waals surface area contributed by atoms with Crippen molar-refractivity contribution in [2.24, 2.45) is 11.8 Å². The molecule has 1 aliphatic rings. The molecule has 1 saturated heterocycles. The number of piperidine rings is 1. The summed E-state index contributed by atoms with van der Waals surface area (Å²) >= 11 is 0. The number of carbonyl (C=O) groups is 2. The van der Waals surface area contributed by atoms with Crippen LogP contribution in [0.5, 0.6) is 5.75 Å². The van der Waals surface area contributed by atoms with Crippen LogP contribution < -0.4 is 4.74 Å². The molecule has 0 unspecified atom stereocenters. The number of carbonyl (C=O) groups excluding carboxylic acids is 2. The van der Waals surface area contributed by atoms with Gasteiger partial charge in [-0.3, -0.25) is 4.79 Å². The average molecular weight is 344 g/mol. The van der Waals surface area contributed by atoms with Crippen molar-refractivity contribution in [1.82, 2.24) is 4.90 Å². The fourth-order valence-electron chi connectivity index (χ4n) is 3.07. The molecule has 25 heavy (non-hydrogen) atoms. The third-order valence-corrected chi connectivity index (χ3v) is 4.19. The topological polar surface area (TPSA) is 79.6 Å². The lowest BCUT2D eigenvalue weighted by atomic mass is 9.92. The Morgan fingerprint density at radius 2 is 1.84 bits per heavy atom. The minimum absolute atomic E-state index is 0.169. The molecule has 0 saturated carbocycles. The van der Waals surface area contributed by atoms with Crippen molar-refractivity contribution in [3.63, 3.8) is 0 Å². The molecular formula is C19H24N2O4. The van der Waals surface area contributed by atoms with Gasteiger partial charge in [-0.2, -0.15) is 5.26 Å². The van der Waals surface area contributed by atoms with E-state index in [-0.39, 0.29) is 12.5 Å². The van der Waals surface area contributed by atoms with Crippen LogP contribution in [0.15, 0.2) is 24.3 Å². The Balaban J connectivity index is 1.80. The quantitative estimate of drug-likeness (QED) is 0.766. The van der Waals surface area contributed by atoms with Gasteiger partial charge in [0.25, 0.3) is 5.91 Å². The average Bonchev–Trinajstić information content (AvgIpc) is 2.59. The van der Waals surface area contributed by atoms with Crippen LogP contribution >= 0.6 is 0 Å². The molecular weight excluding hydrogens is 320 g/mol. The maximum absolute atomic E-state index is 12.2. The van der Waals surface area contributed by atoms with Crippen molar-refractivity contribution < 1.29 is 19.1 Å². The summed E-state index contributed by atoms with van der Waals surface area (Å²) < 4.78 is 10.6. The first-order valence-electron chi connectivity index (χ1n) is 8.50. The van der Waals surface area contributed by atoms with Crippen LogP contribution in [0.1, 0.15) is 32.8 Å². The van der Waals surface area contributed by atoms with Gasteiger partial charge in [-0.25, -0.2) is 4.79 Å². The Morgan fingerprint density at radius 3 is 2.40 bits per heavy atom. The molecule has 1 fully saturated rings. The standard InChI is InChI=1S/C19H24N2O4/c1-13-8-14(2)11-21(10-13)18(22)12-24-19(23)15(3)25-17-6-4-16(9-20)5-7-17/h4-7,13-15H,8,10-12H2,1-3H3/t13-,14-,15-/m1/s1. The zero-order valence-electron chi connectivity index (χ0n) is 14.9. The molecule has 0 aromatic heterocycles. The lowest BCUT2D eigenvalue weighted by Crippen LogP contribution is -2.44. The highest BCUT2D eigenvalue weighted by Crippen LogP contribution is 2.21. The van der Waals surface area contributed by atoms with E-state index in [1.165, 1.54) is 0 Å². The Bertz CT molecular complexity index is 640. The molecule has 0 spiro atoms. The number of nitrogens with zero attached hydrogens (tertiary/aromatic N) is 2. The number of esters is 1. The van der Waals surface area contributed by atoms with Crippen LogP contribution in [0.25, 0.3) is 0 Å². The van der Waals surface area contributed by atoms with Crippen LogP contribution in [0.2, 0.25) is 0 Å². The molecule has 0 radical (unpaired) electrons. The van der Waals surface area contributed by atoms with Crippen molar-refractivity contribution in [2.45, 2.75) is 33.3 Å². The summed E-state index contributed by atoms with van der Waals surface area (Å²) in [4.78, 5) is 26.0. The number of amides is 1. The van der Waals surface area contributed by atoms with Crippen molar-refractivity contribution in [3.8, 4) is 11.8 Å². The summed E-state index contributed by atoms with van der Waals surface area (Å²) in [5.74, 6) is 0.630. The third kappa shape index (κ3) is 5.49. The number of benzene rings is 1. The first kappa shape index (κ1) is 18.8. The Morgan fingerprint density at radius 1 is 1.24 bits per heavy atom.